The van der Waals surface area contributed by atoms with Crippen molar-refractivity contribution < 1.29 is 14.2 Å². The Morgan fingerprint density at radius 1 is 1.11 bits per heavy atom. The van der Waals surface area contributed by atoms with Gasteiger partial charge in [0.25, 0.3) is 0 Å². The molecule has 0 amide bonds. The van der Waals surface area contributed by atoms with E-state index in [1.807, 2.05) is 30.3 Å². The summed E-state index contributed by atoms with van der Waals surface area (Å²) in [5, 5.41) is 6.60. The molecule has 27 heavy (non-hydrogen) atoms. The molecule has 4 rings (SSSR count). The third-order valence-electron chi connectivity index (χ3n) is 5.03. The zero-order valence-corrected chi connectivity index (χ0v) is 15.4. The van der Waals surface area contributed by atoms with Gasteiger partial charge < -0.3 is 0 Å². The van der Waals surface area contributed by atoms with E-state index in [0.717, 1.165) is 16.9 Å². The highest BCUT2D eigenvalue weighted by molar-refractivity contribution is 5.94. The molecule has 1 heterocycles. The molecular formula is C22H23FN3O+. The highest BCUT2D eigenvalue weighted by Gasteiger charge is 2.45. The maximum Gasteiger partial charge on any atom is 0.353 e. The van der Waals surface area contributed by atoms with Gasteiger partial charge in [-0.25, -0.2) is 15.0 Å². The van der Waals surface area contributed by atoms with Crippen LogP contribution in [0.1, 0.15) is 31.9 Å². The highest BCUT2D eigenvalue weighted by atomic mass is 19.1. The Balaban J connectivity index is 1.74. The standard InChI is InChI=1S/C22H22FN3O/c1-22(2)12-17-19(18(27)13-22)20(14-6-4-3-5-7-14)26-21(25-17)24-16-10-8-15(23)9-11-16/h3-12,19-20H,13H2,1-2H3,(H2,24,25,26)/p+1/t19-,20-/m0/s1. The first-order valence-electron chi connectivity index (χ1n) is 9.15. The van der Waals surface area contributed by atoms with Crippen LogP contribution in [0.25, 0.3) is 0 Å². The fourth-order valence-corrected chi connectivity index (χ4v) is 3.87. The van der Waals surface area contributed by atoms with Gasteiger partial charge >= 0.3 is 5.96 Å². The molecule has 2 aromatic carbocycles. The summed E-state index contributed by atoms with van der Waals surface area (Å²) in [4.78, 5) is 16.4. The van der Waals surface area contributed by atoms with Crippen LogP contribution in [0.15, 0.2) is 66.4 Å². The normalized spacial score (nSPS) is 23.6. The smallest absolute Gasteiger partial charge is 0.299 e. The predicted molar refractivity (Wildman–Crippen MR) is 103 cm³/mol. The first-order chi connectivity index (χ1) is 12.9. The van der Waals surface area contributed by atoms with Gasteiger partial charge in [0.1, 0.15) is 23.6 Å². The van der Waals surface area contributed by atoms with Gasteiger partial charge in [0, 0.05) is 6.42 Å². The number of carbonyl (C=O) groups excluding carboxylic acids is 1. The van der Waals surface area contributed by atoms with Gasteiger partial charge in [-0.05, 0) is 41.3 Å². The fraction of sp³-hybridized carbons (Fsp3) is 0.273. The first kappa shape index (κ1) is 17.5. The first-order valence-corrected chi connectivity index (χ1v) is 9.15. The number of fused-ring (bicyclic) bond motifs is 1. The number of rotatable bonds is 2. The van der Waals surface area contributed by atoms with Crippen LogP contribution in [0, 0.1) is 17.2 Å². The third kappa shape index (κ3) is 3.63. The van der Waals surface area contributed by atoms with Gasteiger partial charge in [0.05, 0.1) is 11.4 Å². The summed E-state index contributed by atoms with van der Waals surface area (Å²) in [6.45, 7) is 4.14. The molecule has 0 saturated heterocycles. The molecule has 2 aliphatic rings. The number of hydrogen-bond acceptors (Lipinski definition) is 3. The molecule has 0 bridgehead atoms. The summed E-state index contributed by atoms with van der Waals surface area (Å²) < 4.78 is 13.2. The lowest BCUT2D eigenvalue weighted by atomic mass is 9.72. The van der Waals surface area contributed by atoms with Crippen LogP contribution < -0.4 is 15.6 Å². The van der Waals surface area contributed by atoms with Crippen molar-refractivity contribution in [3.63, 3.8) is 0 Å². The fourth-order valence-electron chi connectivity index (χ4n) is 3.87. The van der Waals surface area contributed by atoms with Crippen LogP contribution in [-0.2, 0) is 4.79 Å². The predicted octanol–water partition coefficient (Wildman–Crippen LogP) is 2.52. The Morgan fingerprint density at radius 3 is 2.52 bits per heavy atom. The number of hydrogen-bond donors (Lipinski definition) is 3. The summed E-state index contributed by atoms with van der Waals surface area (Å²) >= 11 is 0. The second kappa shape index (κ2) is 6.65. The molecule has 138 valence electrons. The Kier molecular flexibility index (Phi) is 4.30. The van der Waals surface area contributed by atoms with Crippen molar-refractivity contribution in [3.05, 3.63) is 77.8 Å². The summed E-state index contributed by atoms with van der Waals surface area (Å²) in [7, 11) is 0. The van der Waals surface area contributed by atoms with Gasteiger partial charge in [0.15, 0.2) is 0 Å². The van der Waals surface area contributed by atoms with Crippen molar-refractivity contribution in [1.29, 1.82) is 0 Å². The summed E-state index contributed by atoms with van der Waals surface area (Å²) in [5.74, 6) is 0.384. The Labute approximate surface area is 158 Å². The molecule has 0 fully saturated rings. The lowest BCUT2D eigenvalue weighted by Gasteiger charge is -2.36. The summed E-state index contributed by atoms with van der Waals surface area (Å²) in [6, 6.07) is 16.0. The van der Waals surface area contributed by atoms with Gasteiger partial charge in [-0.1, -0.05) is 44.2 Å². The van der Waals surface area contributed by atoms with E-state index in [1.54, 1.807) is 12.1 Å². The topological polar surface area (TPSA) is 55.1 Å². The molecule has 0 unspecified atom stereocenters. The van der Waals surface area contributed by atoms with E-state index in [2.05, 4.69) is 35.5 Å². The van der Waals surface area contributed by atoms with Gasteiger partial charge in [-0.15, -0.1) is 0 Å². The Morgan fingerprint density at radius 2 is 1.81 bits per heavy atom. The van der Waals surface area contributed by atoms with Crippen molar-refractivity contribution in [1.82, 2.24) is 5.32 Å². The molecule has 0 radical (unpaired) electrons. The summed E-state index contributed by atoms with van der Waals surface area (Å²) in [5.41, 5.74) is 2.55. The average Bonchev–Trinajstić information content (AvgIpc) is 2.62. The van der Waals surface area contributed by atoms with Crippen molar-refractivity contribution >= 4 is 17.4 Å². The molecule has 4 nitrogen and oxygen atoms in total. The number of carbonyl (C=O) groups is 1. The van der Waals surface area contributed by atoms with E-state index >= 15 is 0 Å². The number of Topliss-reactive ketones (excluding diaryl/α,β-unsaturated/α-hetero) is 1. The number of ketones is 1. The average molecular weight is 364 g/mol. The van der Waals surface area contributed by atoms with Gasteiger partial charge in [-0.2, -0.15) is 0 Å². The van der Waals surface area contributed by atoms with Crippen LogP contribution in [-0.4, -0.2) is 11.7 Å². The molecule has 5 heteroatoms. The number of halogens is 1. The van der Waals surface area contributed by atoms with Gasteiger partial charge in [-0.3, -0.25) is 9.79 Å². The van der Waals surface area contributed by atoms with Crippen molar-refractivity contribution in [2.45, 2.75) is 26.3 Å². The van der Waals surface area contributed by atoms with E-state index < -0.39 is 0 Å². The van der Waals surface area contributed by atoms with Crippen LogP contribution in [0.5, 0.6) is 0 Å². The lowest BCUT2D eigenvalue weighted by Crippen LogP contribution is -2.84. The number of anilines is 1. The van der Waals surface area contributed by atoms with Crippen LogP contribution >= 0.6 is 0 Å². The van der Waals surface area contributed by atoms with Crippen LogP contribution in [0.2, 0.25) is 0 Å². The molecule has 0 saturated carbocycles. The number of allylic oxidation sites excluding steroid dienone is 1. The maximum atomic E-state index is 13.2. The monoisotopic (exact) mass is 364 g/mol. The largest absolute Gasteiger partial charge is 0.353 e. The van der Waals surface area contributed by atoms with E-state index in [9.17, 15) is 9.18 Å². The number of benzene rings is 2. The van der Waals surface area contributed by atoms with E-state index in [0.29, 0.717) is 12.4 Å². The van der Waals surface area contributed by atoms with Crippen molar-refractivity contribution in [2.75, 3.05) is 5.32 Å². The van der Waals surface area contributed by atoms with E-state index in [4.69, 9.17) is 0 Å². The molecular weight excluding hydrogens is 341 g/mol. The molecule has 3 N–H and O–H groups in total. The SMILES string of the molecule is CC1(C)C=C2NC(Nc3ccc(F)cc3)=[NH+][C@@H](c3ccccc3)[C@@H]2C(=O)C1. The lowest BCUT2D eigenvalue weighted by molar-refractivity contribution is -0.522. The van der Waals surface area contributed by atoms with E-state index in [-0.39, 0.29) is 29.0 Å². The summed E-state index contributed by atoms with van der Waals surface area (Å²) in [6.07, 6.45) is 2.68. The zero-order valence-electron chi connectivity index (χ0n) is 15.4. The van der Waals surface area contributed by atoms with Crippen molar-refractivity contribution in [2.24, 2.45) is 11.3 Å². The number of guanidine groups is 1. The number of nitrogens with one attached hydrogen (secondary N) is 3. The molecule has 0 aromatic heterocycles. The van der Waals surface area contributed by atoms with Crippen LogP contribution in [0.4, 0.5) is 10.1 Å². The maximum absolute atomic E-state index is 13.2. The molecule has 1 aliphatic carbocycles. The molecule has 1 aliphatic heterocycles. The Bertz CT molecular complexity index is 916. The minimum atomic E-state index is -0.278. The quantitative estimate of drug-likeness (QED) is 0.768. The molecule has 2 aromatic rings. The van der Waals surface area contributed by atoms with Gasteiger partial charge in [0.2, 0.25) is 0 Å². The second-order valence-electron chi connectivity index (χ2n) is 7.87. The molecule has 0 spiro atoms. The zero-order chi connectivity index (χ0) is 19.0. The minimum Gasteiger partial charge on any atom is -0.299 e. The minimum absolute atomic E-state index is 0.162. The van der Waals surface area contributed by atoms with E-state index in [1.165, 1.54) is 12.1 Å². The van der Waals surface area contributed by atoms with Crippen molar-refractivity contribution in [3.8, 4) is 0 Å². The third-order valence-corrected chi connectivity index (χ3v) is 5.03. The van der Waals surface area contributed by atoms with Crippen LogP contribution in [0.3, 0.4) is 0 Å². The highest BCUT2D eigenvalue weighted by Crippen LogP contribution is 2.38. The second-order valence-corrected chi connectivity index (χ2v) is 7.87. The Hall–Kier alpha value is -2.95. The molecule has 2 atom stereocenters.